The molecule has 0 saturated heterocycles. The summed E-state index contributed by atoms with van der Waals surface area (Å²) in [6.07, 6.45) is 8.62. The smallest absolute Gasteiger partial charge is 0.0804 e. The SMILES string of the molecule is C=CCCCCCC(O)c1ccc(C)nc1. The molecule has 1 atom stereocenters. The summed E-state index contributed by atoms with van der Waals surface area (Å²) in [5.41, 5.74) is 1.91. The largest absolute Gasteiger partial charge is 0.388 e. The van der Waals surface area contributed by atoms with Gasteiger partial charge in [0.25, 0.3) is 0 Å². The minimum absolute atomic E-state index is 0.364. The van der Waals surface area contributed by atoms with E-state index in [1.54, 1.807) is 6.20 Å². The molecule has 0 bridgehead atoms. The summed E-state index contributed by atoms with van der Waals surface area (Å²) in [5.74, 6) is 0. The van der Waals surface area contributed by atoms with E-state index in [2.05, 4.69) is 11.6 Å². The van der Waals surface area contributed by atoms with E-state index in [4.69, 9.17) is 0 Å². The van der Waals surface area contributed by atoms with Crippen LogP contribution in [0.15, 0.2) is 31.0 Å². The van der Waals surface area contributed by atoms with Gasteiger partial charge in [-0.05, 0) is 37.8 Å². The van der Waals surface area contributed by atoms with Gasteiger partial charge in [-0.1, -0.05) is 25.0 Å². The van der Waals surface area contributed by atoms with Crippen molar-refractivity contribution in [2.75, 3.05) is 0 Å². The third kappa shape index (κ3) is 4.58. The Labute approximate surface area is 98.0 Å². The number of hydrogen-bond acceptors (Lipinski definition) is 2. The zero-order chi connectivity index (χ0) is 11.8. The van der Waals surface area contributed by atoms with Crippen molar-refractivity contribution in [1.29, 1.82) is 0 Å². The molecular weight excluding hydrogens is 198 g/mol. The number of aliphatic hydroxyl groups excluding tert-OH is 1. The van der Waals surface area contributed by atoms with Gasteiger partial charge >= 0.3 is 0 Å². The van der Waals surface area contributed by atoms with Gasteiger partial charge in [0.1, 0.15) is 0 Å². The van der Waals surface area contributed by atoms with Crippen LogP contribution in [0.25, 0.3) is 0 Å². The lowest BCUT2D eigenvalue weighted by molar-refractivity contribution is 0.163. The molecular formula is C14H21NO. The zero-order valence-corrected chi connectivity index (χ0v) is 10.0. The maximum absolute atomic E-state index is 9.91. The van der Waals surface area contributed by atoms with E-state index in [0.29, 0.717) is 0 Å². The van der Waals surface area contributed by atoms with Crippen molar-refractivity contribution >= 4 is 0 Å². The number of nitrogens with zero attached hydrogens (tertiary/aromatic N) is 1. The molecule has 1 heterocycles. The molecule has 0 radical (unpaired) electrons. The zero-order valence-electron chi connectivity index (χ0n) is 10.0. The van der Waals surface area contributed by atoms with Gasteiger partial charge in [0.05, 0.1) is 6.10 Å². The number of allylic oxidation sites excluding steroid dienone is 1. The molecule has 1 N–H and O–H groups in total. The van der Waals surface area contributed by atoms with Crippen molar-refractivity contribution in [3.05, 3.63) is 42.2 Å². The predicted molar refractivity (Wildman–Crippen MR) is 67.2 cm³/mol. The fourth-order valence-corrected chi connectivity index (χ4v) is 1.65. The second kappa shape index (κ2) is 7.18. The van der Waals surface area contributed by atoms with Gasteiger partial charge in [0.15, 0.2) is 0 Å². The van der Waals surface area contributed by atoms with Crippen molar-refractivity contribution in [2.24, 2.45) is 0 Å². The summed E-state index contributed by atoms with van der Waals surface area (Å²) in [6.45, 7) is 5.64. The molecule has 1 aromatic heterocycles. The fraction of sp³-hybridized carbons (Fsp3) is 0.500. The molecule has 16 heavy (non-hydrogen) atoms. The summed E-state index contributed by atoms with van der Waals surface area (Å²) in [7, 11) is 0. The fourth-order valence-electron chi connectivity index (χ4n) is 1.65. The molecule has 88 valence electrons. The van der Waals surface area contributed by atoms with Crippen LogP contribution in [0.3, 0.4) is 0 Å². The highest BCUT2D eigenvalue weighted by Crippen LogP contribution is 2.19. The van der Waals surface area contributed by atoms with Crippen molar-refractivity contribution in [1.82, 2.24) is 4.98 Å². The van der Waals surface area contributed by atoms with Crippen molar-refractivity contribution in [3.8, 4) is 0 Å². The Balaban J connectivity index is 2.26. The van der Waals surface area contributed by atoms with Crippen LogP contribution in [0, 0.1) is 6.92 Å². The number of rotatable bonds is 7. The lowest BCUT2D eigenvalue weighted by Crippen LogP contribution is -1.98. The van der Waals surface area contributed by atoms with Crippen LogP contribution in [0.4, 0.5) is 0 Å². The van der Waals surface area contributed by atoms with E-state index in [1.165, 1.54) is 6.42 Å². The van der Waals surface area contributed by atoms with Crippen LogP contribution < -0.4 is 0 Å². The van der Waals surface area contributed by atoms with Gasteiger partial charge in [-0.2, -0.15) is 0 Å². The molecule has 2 heteroatoms. The van der Waals surface area contributed by atoms with Crippen molar-refractivity contribution in [2.45, 2.75) is 45.1 Å². The molecule has 0 saturated carbocycles. The molecule has 0 fully saturated rings. The summed E-state index contributed by atoms with van der Waals surface area (Å²) in [5, 5.41) is 9.91. The quantitative estimate of drug-likeness (QED) is 0.562. The van der Waals surface area contributed by atoms with Gasteiger partial charge in [-0.15, -0.1) is 6.58 Å². The van der Waals surface area contributed by atoms with E-state index in [0.717, 1.165) is 36.9 Å². The van der Waals surface area contributed by atoms with Gasteiger partial charge < -0.3 is 5.11 Å². The first kappa shape index (κ1) is 12.9. The third-order valence-electron chi connectivity index (χ3n) is 2.70. The monoisotopic (exact) mass is 219 g/mol. The van der Waals surface area contributed by atoms with E-state index < -0.39 is 0 Å². The summed E-state index contributed by atoms with van der Waals surface area (Å²) in [6, 6.07) is 3.90. The summed E-state index contributed by atoms with van der Waals surface area (Å²) < 4.78 is 0. The topological polar surface area (TPSA) is 33.1 Å². The van der Waals surface area contributed by atoms with Crippen molar-refractivity contribution in [3.63, 3.8) is 0 Å². The predicted octanol–water partition coefficient (Wildman–Crippen LogP) is 3.56. The molecule has 0 amide bonds. The number of hydrogen-bond donors (Lipinski definition) is 1. The second-order valence-corrected chi connectivity index (χ2v) is 4.18. The number of pyridine rings is 1. The first-order chi connectivity index (χ1) is 7.74. The maximum atomic E-state index is 9.91. The maximum Gasteiger partial charge on any atom is 0.0804 e. The van der Waals surface area contributed by atoms with Gasteiger partial charge in [-0.3, -0.25) is 4.98 Å². The highest BCUT2D eigenvalue weighted by Gasteiger charge is 2.06. The van der Waals surface area contributed by atoms with Crippen LogP contribution in [0.5, 0.6) is 0 Å². The van der Waals surface area contributed by atoms with E-state index in [-0.39, 0.29) is 6.10 Å². The summed E-state index contributed by atoms with van der Waals surface area (Å²) in [4.78, 5) is 4.18. The molecule has 2 nitrogen and oxygen atoms in total. The highest BCUT2D eigenvalue weighted by atomic mass is 16.3. The average Bonchev–Trinajstić information content (AvgIpc) is 2.29. The van der Waals surface area contributed by atoms with E-state index in [1.807, 2.05) is 25.1 Å². The molecule has 0 aliphatic heterocycles. The van der Waals surface area contributed by atoms with Gasteiger partial charge in [0, 0.05) is 11.9 Å². The average molecular weight is 219 g/mol. The molecule has 1 rings (SSSR count). The first-order valence-corrected chi connectivity index (χ1v) is 5.95. The number of unbranched alkanes of at least 4 members (excludes halogenated alkanes) is 3. The van der Waals surface area contributed by atoms with Crippen LogP contribution in [-0.2, 0) is 0 Å². The van der Waals surface area contributed by atoms with Crippen LogP contribution in [0.2, 0.25) is 0 Å². The minimum Gasteiger partial charge on any atom is -0.388 e. The highest BCUT2D eigenvalue weighted by molar-refractivity contribution is 5.15. The molecule has 0 spiro atoms. The standard InChI is InChI=1S/C14H21NO/c1-3-4-5-6-7-8-14(16)13-10-9-12(2)15-11-13/h3,9-11,14,16H,1,4-8H2,2H3. The first-order valence-electron chi connectivity index (χ1n) is 5.95. The molecule has 1 aromatic rings. The second-order valence-electron chi connectivity index (χ2n) is 4.18. The van der Waals surface area contributed by atoms with Crippen LogP contribution >= 0.6 is 0 Å². The Morgan fingerprint density at radius 1 is 1.38 bits per heavy atom. The van der Waals surface area contributed by atoms with Gasteiger partial charge in [0.2, 0.25) is 0 Å². The van der Waals surface area contributed by atoms with Crippen molar-refractivity contribution < 1.29 is 5.11 Å². The lowest BCUT2D eigenvalue weighted by atomic mass is 10.0. The number of aromatic nitrogens is 1. The molecule has 0 aliphatic rings. The van der Waals surface area contributed by atoms with Crippen LogP contribution in [-0.4, -0.2) is 10.1 Å². The molecule has 0 aliphatic carbocycles. The Morgan fingerprint density at radius 3 is 2.81 bits per heavy atom. The minimum atomic E-state index is -0.364. The van der Waals surface area contributed by atoms with Gasteiger partial charge in [-0.25, -0.2) is 0 Å². The normalized spacial score (nSPS) is 12.4. The van der Waals surface area contributed by atoms with E-state index >= 15 is 0 Å². The Kier molecular flexibility index (Phi) is 5.79. The molecule has 0 aromatic carbocycles. The van der Waals surface area contributed by atoms with E-state index in [9.17, 15) is 5.11 Å². The lowest BCUT2D eigenvalue weighted by Gasteiger charge is -2.10. The number of aryl methyl sites for hydroxylation is 1. The number of aliphatic hydroxyl groups is 1. The molecule has 1 unspecified atom stereocenters. The Morgan fingerprint density at radius 2 is 2.19 bits per heavy atom. The summed E-state index contributed by atoms with van der Waals surface area (Å²) >= 11 is 0. The van der Waals surface area contributed by atoms with Crippen LogP contribution in [0.1, 0.15) is 49.5 Å². The third-order valence-corrected chi connectivity index (χ3v) is 2.70. The Bertz CT molecular complexity index is 305. The Hall–Kier alpha value is -1.15.